The highest BCUT2D eigenvalue weighted by Gasteiger charge is 2.38. The Hall–Kier alpha value is -6.73. The third-order valence-electron chi connectivity index (χ3n) is 20.8. The van der Waals surface area contributed by atoms with Crippen LogP contribution in [0.15, 0.2) is 121 Å². The summed E-state index contributed by atoms with van der Waals surface area (Å²) in [6.45, 7) is 85.1. The molecule has 125 heavy (non-hydrogen) atoms. The summed E-state index contributed by atoms with van der Waals surface area (Å²) in [4.78, 5) is 115. The maximum absolute atomic E-state index is 12.0. The number of rotatable bonds is 31. The first-order chi connectivity index (χ1) is 56.3. The Morgan fingerprint density at radius 1 is 0.352 bits per heavy atom. The fourth-order valence-electron chi connectivity index (χ4n) is 9.76. The van der Waals surface area contributed by atoms with Gasteiger partial charge in [-0.3, -0.25) is 28.8 Å². The number of carbonyl (C=O) groups is 9. The van der Waals surface area contributed by atoms with Crippen LogP contribution in [0.2, 0.25) is 0 Å². The first-order valence-corrected chi connectivity index (χ1v) is 45.9. The number of likely N-dealkylation sites (N-methyl/N-ethyl adjacent to an activating group) is 5. The molecule has 0 aliphatic heterocycles. The molecule has 0 N–H and O–H groups in total. The maximum atomic E-state index is 12.0. The molecule has 0 atom stereocenters. The number of ketones is 4. The average molecular weight is 1760 g/mol. The van der Waals surface area contributed by atoms with E-state index < -0.39 is 16.8 Å². The number of hydrogen-bond donors (Lipinski definition) is 0. The van der Waals surface area contributed by atoms with Gasteiger partial charge in [0.2, 0.25) is 11.8 Å². The normalized spacial score (nSPS) is 14.2. The Labute approximate surface area is 769 Å². The van der Waals surface area contributed by atoms with E-state index in [9.17, 15) is 43.2 Å². The second-order valence-corrected chi connectivity index (χ2v) is 45.8. The van der Waals surface area contributed by atoms with Crippen molar-refractivity contribution in [1.82, 2.24) is 29.4 Å². The second-order valence-electron chi connectivity index (χ2n) is 45.8. The van der Waals surface area contributed by atoms with Crippen molar-refractivity contribution in [3.8, 4) is 0 Å². The number of hydrogen-bond acceptors (Lipinski definition) is 16. The third-order valence-corrected chi connectivity index (χ3v) is 20.8. The molecule has 0 aromatic heterocycles. The Morgan fingerprint density at radius 2 is 0.648 bits per heavy atom. The molecule has 18 heteroatoms. The zero-order chi connectivity index (χ0) is 99.4. The van der Waals surface area contributed by atoms with E-state index in [1.165, 1.54) is 37.5 Å². The van der Waals surface area contributed by atoms with Gasteiger partial charge in [-0.2, -0.15) is 0 Å². The zero-order valence-corrected chi connectivity index (χ0v) is 88.9. The molecular weight excluding hydrogens is 1560 g/mol. The van der Waals surface area contributed by atoms with Gasteiger partial charge in [0, 0.05) is 124 Å². The summed E-state index contributed by atoms with van der Waals surface area (Å²) in [6, 6.07) is 0. The number of allylic oxidation sites excluding steroid dienone is 8. The number of amides is 2. The van der Waals surface area contributed by atoms with E-state index in [1.807, 2.05) is 194 Å². The summed E-state index contributed by atoms with van der Waals surface area (Å²) in [5.41, 5.74) is 2.57. The van der Waals surface area contributed by atoms with Crippen LogP contribution >= 0.6 is 0 Å². The molecule has 0 saturated heterocycles. The van der Waals surface area contributed by atoms with Gasteiger partial charge in [0.15, 0.2) is 23.1 Å². The largest absolute Gasteiger partial charge is 0.456 e. The third kappa shape index (κ3) is 74.9. The quantitative estimate of drug-likeness (QED) is 0.0274. The van der Waals surface area contributed by atoms with Gasteiger partial charge in [-0.05, 0) is 239 Å². The summed E-state index contributed by atoms with van der Waals surface area (Å²) in [7, 11) is 15.8. The molecule has 18 nitrogen and oxygen atoms in total. The van der Waals surface area contributed by atoms with Crippen LogP contribution in [0.4, 0.5) is 0 Å². The molecular formula is C107H194N6O12. The highest BCUT2D eigenvalue weighted by Crippen LogP contribution is 2.36. The summed E-state index contributed by atoms with van der Waals surface area (Å²) in [5, 5.41) is 0. The van der Waals surface area contributed by atoms with E-state index in [0.717, 1.165) is 140 Å². The van der Waals surface area contributed by atoms with Gasteiger partial charge >= 0.3 is 17.9 Å². The van der Waals surface area contributed by atoms with Crippen LogP contribution in [0.5, 0.6) is 0 Å². The van der Waals surface area contributed by atoms with Crippen molar-refractivity contribution in [3.63, 3.8) is 0 Å². The highest BCUT2D eigenvalue weighted by molar-refractivity contribution is 5.97. The molecule has 0 heterocycles. The van der Waals surface area contributed by atoms with Crippen LogP contribution < -0.4 is 0 Å². The first-order valence-electron chi connectivity index (χ1n) is 45.9. The van der Waals surface area contributed by atoms with E-state index in [0.29, 0.717) is 29.3 Å². The molecule has 0 unspecified atom stereocenters. The molecule has 0 aromatic rings. The van der Waals surface area contributed by atoms with Gasteiger partial charge in [0.05, 0.1) is 0 Å². The predicted octanol–water partition coefficient (Wildman–Crippen LogP) is 24.3. The molecule has 0 aromatic carbocycles. The minimum atomic E-state index is -0.466. The predicted molar refractivity (Wildman–Crippen MR) is 534 cm³/mol. The van der Waals surface area contributed by atoms with Crippen molar-refractivity contribution in [2.75, 3.05) is 109 Å². The lowest BCUT2D eigenvalue weighted by atomic mass is 9.79. The number of carbonyl (C=O) groups excluding carboxylic acids is 9. The standard InChI is InChI=1S/C14H26N2O.C13H26N2O.C13H25NO2.C13H22O.C12H20O.C11H20O2.C11H18O.C10H19NO.C10H18O2/c1-7-10-16(12-14(2,3)4)13(17)9-8-11-15(5)6;1-7-15(11-13(2,3)4)12(16)9-8-10-14(5)6;1-12(2,3)13(4,5)16-11(15)9-8-10-14(6)7;1-13(2,3)10-9-12(14)11-7-5-4-6-8-11;1-12(2,3)9-8-11(13)10-6-4-5-7-10;1-7-8-9(12)13-11(5,6)10(2,3)4;1-11(2,3)8-7-10(12)9-5-4-6-9;1-10(2,3)9(12)7-6-8-11(4)5;1-7-8(11)12-10(5,6)9(2,3)4/h7-9H,1,10-12H2,2-6H3;8-9H,7,10-11H2,1-6H3;8-9H,10H2,1-7H3;7H,4-6,8-10H2,1-3H3;6H,4-5,7-9H2,1-3H3;7-8H,1-6H3;5H,4,6-8H2,1-3H3;6-7H,8H2,1-5H3;7H,1H2,2-6H3/b3*9-8+;;;8-7+;;7-6+;. The van der Waals surface area contributed by atoms with Gasteiger partial charge in [0.1, 0.15) is 16.8 Å². The molecule has 0 fully saturated rings. The van der Waals surface area contributed by atoms with Crippen molar-refractivity contribution in [3.05, 3.63) is 121 Å². The topological polar surface area (TPSA) is 201 Å². The summed E-state index contributed by atoms with van der Waals surface area (Å²) < 4.78 is 16.0. The van der Waals surface area contributed by atoms with Gasteiger partial charge in [0.25, 0.3) is 0 Å². The summed E-state index contributed by atoms with van der Waals surface area (Å²) in [6.07, 6.45) is 41.6. The van der Waals surface area contributed by atoms with Crippen molar-refractivity contribution >= 4 is 52.9 Å². The Kier molecular flexibility index (Phi) is 63.7. The fraction of sp³-hybridized carbons (Fsp3) is 0.729. The zero-order valence-electron chi connectivity index (χ0n) is 88.9. The summed E-state index contributed by atoms with van der Waals surface area (Å²) >= 11 is 0. The smallest absolute Gasteiger partial charge is 0.331 e. The van der Waals surface area contributed by atoms with E-state index >= 15 is 0 Å². The minimum absolute atomic E-state index is 0.0513. The maximum Gasteiger partial charge on any atom is 0.331 e. The Morgan fingerprint density at radius 3 is 0.904 bits per heavy atom. The Balaban J connectivity index is -0.000000319. The number of ether oxygens (including phenoxy) is 3. The van der Waals surface area contributed by atoms with Gasteiger partial charge in [-0.1, -0.05) is 248 Å². The molecule has 0 spiro atoms. The molecule has 724 valence electrons. The average Bonchev–Trinajstić information content (AvgIpc) is 1.39. The molecule has 3 aliphatic carbocycles. The highest BCUT2D eigenvalue weighted by atomic mass is 16.6. The SMILES string of the molecule is C/C=C/C(=O)OC(C)(C)C(C)(C)C.C=CC(=O)OC(C)(C)C(C)(C)C.C=CCN(CC(C)(C)C)C(=O)/C=C/CN(C)C.CC(C)(C)CCC(=O)C1=CCC1.CC(C)(C)CCC(=O)C1=CCCC1.CC(C)(C)CCC(=O)C1=CCCCC1.CCN(CC(C)(C)C)C(=O)/C=C/CN(C)C.CN(C)C/C=C/C(=O)C(C)(C)C.CN(C)C/C=C/C(=O)OC(C)(C)C(C)(C)C. The lowest BCUT2D eigenvalue weighted by molar-refractivity contribution is -0.161. The fourth-order valence-corrected chi connectivity index (χ4v) is 9.76. The van der Waals surface area contributed by atoms with Crippen LogP contribution in [-0.2, 0) is 57.4 Å². The summed E-state index contributed by atoms with van der Waals surface area (Å²) in [5.74, 6) is 0.577. The molecule has 0 radical (unpaired) electrons. The van der Waals surface area contributed by atoms with Gasteiger partial charge < -0.3 is 43.6 Å². The number of Topliss-reactive ketones (excluding diaryl/α,β-unsaturated/α-hetero) is 3. The van der Waals surface area contributed by atoms with Crippen LogP contribution in [-0.4, -0.2) is 208 Å². The molecule has 0 saturated carbocycles. The Bertz CT molecular complexity index is 3420. The van der Waals surface area contributed by atoms with Gasteiger partial charge in [-0.25, -0.2) is 14.4 Å². The van der Waals surface area contributed by atoms with Crippen molar-refractivity contribution in [2.45, 2.75) is 355 Å². The van der Waals surface area contributed by atoms with E-state index in [1.54, 1.807) is 43.4 Å². The second kappa shape index (κ2) is 61.7. The van der Waals surface area contributed by atoms with Crippen molar-refractivity contribution < 1.29 is 57.4 Å². The van der Waals surface area contributed by atoms with Gasteiger partial charge in [-0.15, -0.1) is 6.58 Å². The molecule has 0 bridgehead atoms. The molecule has 3 rings (SSSR count). The van der Waals surface area contributed by atoms with E-state index in [-0.39, 0.29) is 78.8 Å². The van der Waals surface area contributed by atoms with Crippen LogP contribution in [0.3, 0.4) is 0 Å². The number of esters is 3. The molecule has 2 amide bonds. The van der Waals surface area contributed by atoms with E-state index in [4.69, 9.17) is 14.2 Å². The molecule has 3 aliphatic rings. The number of nitrogens with zero attached hydrogens (tertiary/aromatic N) is 6. The van der Waals surface area contributed by atoms with Crippen molar-refractivity contribution in [2.24, 2.45) is 48.7 Å². The van der Waals surface area contributed by atoms with Crippen molar-refractivity contribution in [1.29, 1.82) is 0 Å². The monoisotopic (exact) mass is 1760 g/mol. The van der Waals surface area contributed by atoms with Crippen LogP contribution in [0.1, 0.15) is 339 Å². The van der Waals surface area contributed by atoms with E-state index in [2.05, 4.69) is 177 Å². The minimum Gasteiger partial charge on any atom is -0.456 e. The first kappa shape index (κ1) is 129. The lowest BCUT2D eigenvalue weighted by Gasteiger charge is -2.37. The van der Waals surface area contributed by atoms with Crippen LogP contribution in [0, 0.1) is 48.7 Å². The van der Waals surface area contributed by atoms with Crippen LogP contribution in [0.25, 0.3) is 0 Å². The lowest BCUT2D eigenvalue weighted by Crippen LogP contribution is -2.40.